The number of nitrogens with one attached hydrogen (secondary N) is 2. The zero-order valence-corrected chi connectivity index (χ0v) is 21.8. The number of hydrogen-bond acceptors (Lipinski definition) is 6. The van der Waals surface area contributed by atoms with E-state index < -0.39 is 0 Å². The summed E-state index contributed by atoms with van der Waals surface area (Å²) in [4.78, 5) is 17.0. The van der Waals surface area contributed by atoms with Gasteiger partial charge in [0.2, 0.25) is 0 Å². The maximum absolute atomic E-state index is 10.0. The average Bonchev–Trinajstić information content (AvgIpc) is 3.55. The molecule has 8 nitrogen and oxygen atoms in total. The molecule has 0 amide bonds. The fraction of sp³-hybridized carbons (Fsp3) is 0.367. The predicted octanol–water partition coefficient (Wildman–Crippen LogP) is 6.21. The molecule has 0 radical (unpaired) electrons. The second-order valence-electron chi connectivity index (χ2n) is 9.90. The summed E-state index contributed by atoms with van der Waals surface area (Å²) in [5, 5.41) is 14.2. The largest absolute Gasteiger partial charge is 0.486 e. The molecular formula is C30H33N5O3. The maximum atomic E-state index is 10.0. The molecule has 1 unspecified atom stereocenters. The number of aromatic amines is 1. The number of anilines is 1. The number of aromatic nitrogens is 3. The van der Waals surface area contributed by atoms with Crippen LogP contribution in [0.1, 0.15) is 56.5 Å². The van der Waals surface area contributed by atoms with Crippen LogP contribution in [0.4, 0.5) is 5.69 Å². The van der Waals surface area contributed by atoms with E-state index in [4.69, 9.17) is 4.74 Å². The number of rotatable bonds is 9. The molecule has 0 spiro atoms. The van der Waals surface area contributed by atoms with Crippen LogP contribution in [0.3, 0.4) is 0 Å². The molecule has 8 heteroatoms. The van der Waals surface area contributed by atoms with Crippen LogP contribution in [-0.4, -0.2) is 34.2 Å². The smallest absolute Gasteiger partial charge is 0.293 e. The van der Waals surface area contributed by atoms with Gasteiger partial charge in [0.05, 0.1) is 16.8 Å². The number of ether oxygens (including phenoxy) is 2. The lowest BCUT2D eigenvalue weighted by atomic mass is 9.92. The Hall–Kier alpha value is -4.25. The number of nitrogens with zero attached hydrogens (tertiary/aromatic N) is 3. The van der Waals surface area contributed by atoms with Crippen molar-refractivity contribution >= 4 is 23.1 Å². The van der Waals surface area contributed by atoms with Gasteiger partial charge < -0.3 is 24.3 Å². The van der Waals surface area contributed by atoms with E-state index in [1.807, 2.05) is 26.1 Å². The van der Waals surface area contributed by atoms with Crippen molar-refractivity contribution in [3.05, 3.63) is 66.2 Å². The van der Waals surface area contributed by atoms with Gasteiger partial charge in [0.1, 0.15) is 30.4 Å². The molecule has 2 heterocycles. The summed E-state index contributed by atoms with van der Waals surface area (Å²) in [5.41, 5.74) is 4.90. The molecule has 196 valence electrons. The highest BCUT2D eigenvalue weighted by Crippen LogP contribution is 2.43. The van der Waals surface area contributed by atoms with Crippen molar-refractivity contribution in [2.24, 2.45) is 5.92 Å². The van der Waals surface area contributed by atoms with Crippen molar-refractivity contribution in [2.75, 3.05) is 12.4 Å². The Balaban J connectivity index is 0.000000316. The zero-order chi connectivity index (χ0) is 26.5. The molecule has 4 aromatic rings. The average molecular weight is 512 g/mol. The summed E-state index contributed by atoms with van der Waals surface area (Å²) in [6.07, 6.45) is 9.61. The van der Waals surface area contributed by atoms with E-state index in [9.17, 15) is 10.1 Å². The van der Waals surface area contributed by atoms with Crippen molar-refractivity contribution in [1.82, 2.24) is 14.5 Å². The van der Waals surface area contributed by atoms with Crippen LogP contribution in [0.2, 0.25) is 0 Å². The second kappa shape index (κ2) is 11.4. The third kappa shape index (κ3) is 5.37. The van der Waals surface area contributed by atoms with Crippen molar-refractivity contribution < 1.29 is 14.3 Å². The lowest BCUT2D eigenvalue weighted by molar-refractivity contribution is -0.133. The van der Waals surface area contributed by atoms with Gasteiger partial charge in [0.15, 0.2) is 0 Å². The van der Waals surface area contributed by atoms with Gasteiger partial charge in [-0.3, -0.25) is 4.79 Å². The number of hydrogen-bond donors (Lipinski definition) is 2. The summed E-state index contributed by atoms with van der Waals surface area (Å²) >= 11 is 0. The highest BCUT2D eigenvalue weighted by Gasteiger charge is 2.29. The Morgan fingerprint density at radius 3 is 2.58 bits per heavy atom. The molecule has 2 N–H and O–H groups in total. The van der Waals surface area contributed by atoms with E-state index >= 15 is 0 Å². The van der Waals surface area contributed by atoms with Crippen LogP contribution < -0.4 is 10.1 Å². The maximum Gasteiger partial charge on any atom is 0.293 e. The van der Waals surface area contributed by atoms with E-state index in [0.29, 0.717) is 25.0 Å². The highest BCUT2D eigenvalue weighted by atomic mass is 16.5. The molecule has 1 atom stereocenters. The fourth-order valence-electron chi connectivity index (χ4n) is 4.89. The number of carbonyl (C=O) groups is 1. The Labute approximate surface area is 222 Å². The lowest BCUT2D eigenvalue weighted by Gasteiger charge is -2.30. The Bertz CT molecular complexity index is 1410. The van der Waals surface area contributed by atoms with E-state index in [1.165, 1.54) is 19.3 Å². The van der Waals surface area contributed by atoms with Crippen LogP contribution in [0.15, 0.2) is 54.9 Å². The van der Waals surface area contributed by atoms with Crippen molar-refractivity contribution in [2.45, 2.75) is 57.8 Å². The van der Waals surface area contributed by atoms with E-state index in [1.54, 1.807) is 12.4 Å². The van der Waals surface area contributed by atoms with Crippen LogP contribution in [0, 0.1) is 17.2 Å². The van der Waals surface area contributed by atoms with Crippen LogP contribution in [-0.2, 0) is 16.1 Å². The van der Waals surface area contributed by atoms with Crippen molar-refractivity contribution in [1.29, 1.82) is 5.26 Å². The SMILES string of the molecule is CC(OC=O)C1CC1.CNc1ccc(-c2c(C#N)c3ccc(OCc4ncc[nH]4)cc3n2C2CCC2)cc1. The number of benzene rings is 2. The number of imidazole rings is 1. The first-order valence-corrected chi connectivity index (χ1v) is 13.2. The molecule has 2 fully saturated rings. The quantitative estimate of drug-likeness (QED) is 0.259. The summed E-state index contributed by atoms with van der Waals surface area (Å²) < 4.78 is 13.0. The molecule has 2 aliphatic carbocycles. The fourth-order valence-corrected chi connectivity index (χ4v) is 4.89. The first-order chi connectivity index (χ1) is 18.6. The monoisotopic (exact) mass is 511 g/mol. The number of carbonyl (C=O) groups excluding carboxylic acids is 1. The normalized spacial score (nSPS) is 15.5. The van der Waals surface area contributed by atoms with E-state index in [-0.39, 0.29) is 6.10 Å². The Morgan fingerprint density at radius 2 is 2.00 bits per heavy atom. The van der Waals surface area contributed by atoms with Gasteiger partial charge in [-0.1, -0.05) is 12.1 Å². The lowest BCUT2D eigenvalue weighted by Crippen LogP contribution is -2.17. The minimum atomic E-state index is 0.160. The number of H-pyrrole nitrogens is 1. The topological polar surface area (TPSA) is 105 Å². The summed E-state index contributed by atoms with van der Waals surface area (Å²) in [5.74, 6) is 2.23. The molecule has 6 rings (SSSR count). The zero-order valence-electron chi connectivity index (χ0n) is 21.8. The molecule has 2 aromatic carbocycles. The van der Waals surface area contributed by atoms with Gasteiger partial charge in [-0.05, 0) is 74.8 Å². The van der Waals surface area contributed by atoms with Gasteiger partial charge in [-0.2, -0.15) is 5.26 Å². The van der Waals surface area contributed by atoms with Crippen LogP contribution in [0.5, 0.6) is 5.75 Å². The molecule has 0 aliphatic heterocycles. The molecule has 0 saturated heterocycles. The minimum absolute atomic E-state index is 0.160. The summed E-state index contributed by atoms with van der Waals surface area (Å²) in [7, 11) is 1.91. The highest BCUT2D eigenvalue weighted by molar-refractivity contribution is 5.95. The van der Waals surface area contributed by atoms with Crippen molar-refractivity contribution in [3.63, 3.8) is 0 Å². The third-order valence-electron chi connectivity index (χ3n) is 7.46. The summed E-state index contributed by atoms with van der Waals surface area (Å²) in [6, 6.07) is 17.2. The predicted molar refractivity (Wildman–Crippen MR) is 147 cm³/mol. The van der Waals surface area contributed by atoms with Gasteiger partial charge in [0, 0.05) is 42.6 Å². The Morgan fingerprint density at radius 1 is 1.21 bits per heavy atom. The standard InChI is InChI=1S/C24H23N5O.C6H10O2/c1-26-17-7-5-16(6-8-17)24-21(14-25)20-10-9-19(30-15-23-27-11-12-28-23)13-22(20)29(24)18-3-2-4-18;1-5(8-4-7)6-2-3-6/h5-13,18,26H,2-4,15H2,1H3,(H,27,28);4-6H,2-3H2,1H3. The van der Waals surface area contributed by atoms with Gasteiger partial charge in [0.25, 0.3) is 6.47 Å². The third-order valence-corrected chi connectivity index (χ3v) is 7.46. The summed E-state index contributed by atoms with van der Waals surface area (Å²) in [6.45, 7) is 2.85. The number of nitriles is 1. The van der Waals surface area contributed by atoms with Gasteiger partial charge in [-0.15, -0.1) is 0 Å². The molecular weight excluding hydrogens is 478 g/mol. The second-order valence-corrected chi connectivity index (χ2v) is 9.90. The van der Waals surface area contributed by atoms with Gasteiger partial charge >= 0.3 is 0 Å². The first kappa shape index (κ1) is 25.4. The van der Waals surface area contributed by atoms with Crippen LogP contribution >= 0.6 is 0 Å². The molecule has 2 aliphatic rings. The number of fused-ring (bicyclic) bond motifs is 1. The molecule has 38 heavy (non-hydrogen) atoms. The van der Waals surface area contributed by atoms with E-state index in [0.717, 1.165) is 57.8 Å². The minimum Gasteiger partial charge on any atom is -0.486 e. The molecule has 0 bridgehead atoms. The first-order valence-electron chi connectivity index (χ1n) is 13.2. The molecule has 2 saturated carbocycles. The van der Waals surface area contributed by atoms with Crippen molar-refractivity contribution in [3.8, 4) is 23.1 Å². The van der Waals surface area contributed by atoms with E-state index in [2.05, 4.69) is 61.0 Å². The van der Waals surface area contributed by atoms with Crippen LogP contribution in [0.25, 0.3) is 22.2 Å². The molecule has 2 aromatic heterocycles. The van der Waals surface area contributed by atoms with Gasteiger partial charge in [-0.25, -0.2) is 4.98 Å². The Kier molecular flexibility index (Phi) is 7.64.